The first-order valence-corrected chi connectivity index (χ1v) is 8.44. The Hall–Kier alpha value is -3.03. The summed E-state index contributed by atoms with van der Waals surface area (Å²) < 4.78 is 35.5. The molecule has 0 saturated heterocycles. The molecule has 0 aromatic heterocycles. The van der Waals surface area contributed by atoms with Gasteiger partial charge in [0.05, 0.1) is 29.9 Å². The van der Waals surface area contributed by atoms with Crippen LogP contribution in [0.3, 0.4) is 0 Å². The molecule has 0 amide bonds. The van der Waals surface area contributed by atoms with E-state index in [-0.39, 0.29) is 16.4 Å². The van der Waals surface area contributed by atoms with Gasteiger partial charge in [-0.25, -0.2) is 0 Å². The van der Waals surface area contributed by atoms with Crippen molar-refractivity contribution in [1.82, 2.24) is 0 Å². The minimum Gasteiger partial charge on any atom is -0.490 e. The molecule has 0 aliphatic rings. The van der Waals surface area contributed by atoms with Crippen LogP contribution in [0.5, 0.6) is 11.5 Å². The summed E-state index contributed by atoms with van der Waals surface area (Å²) in [6, 6.07) is 12.3. The van der Waals surface area contributed by atoms with Gasteiger partial charge in [0.15, 0.2) is 11.5 Å². The van der Waals surface area contributed by atoms with Crippen LogP contribution in [0.25, 0.3) is 0 Å². The molecule has 0 saturated carbocycles. The molecular weight excluding hydrogens is 328 g/mol. The van der Waals surface area contributed by atoms with Gasteiger partial charge in [-0.1, -0.05) is 0 Å². The van der Waals surface area contributed by atoms with E-state index in [0.717, 1.165) is 0 Å². The molecule has 0 fully saturated rings. The molecule has 0 atom stereocenters. The van der Waals surface area contributed by atoms with Crippen LogP contribution >= 0.6 is 0 Å². The van der Waals surface area contributed by atoms with Gasteiger partial charge in [-0.15, -0.1) is 0 Å². The summed E-state index contributed by atoms with van der Waals surface area (Å²) in [4.78, 5) is -0.0340. The maximum atomic E-state index is 12.5. The minimum absolute atomic E-state index is 0.000361. The lowest BCUT2D eigenvalue weighted by Crippen LogP contribution is -2.12. The predicted molar refractivity (Wildman–Crippen MR) is 86.0 cm³/mol. The van der Waals surface area contributed by atoms with Crippen LogP contribution in [0, 0.1) is 29.6 Å². The van der Waals surface area contributed by atoms with Gasteiger partial charge in [-0.2, -0.15) is 18.9 Å². The maximum Gasteiger partial charge on any atom is 0.339 e. The maximum absolute atomic E-state index is 12.5. The number of rotatable bonds is 5. The van der Waals surface area contributed by atoms with E-state index in [4.69, 9.17) is 19.4 Å². The second-order valence-electron chi connectivity index (χ2n) is 4.84. The lowest BCUT2D eigenvalue weighted by atomic mass is 10.2. The van der Waals surface area contributed by atoms with Crippen molar-refractivity contribution in [1.29, 1.82) is 10.5 Å². The molecule has 2 aromatic rings. The molecule has 0 bridgehead atoms. The summed E-state index contributed by atoms with van der Waals surface area (Å²) in [5.41, 5.74) is 1.10. The number of hydrogen-bond acceptors (Lipinski definition) is 6. The Kier molecular flexibility index (Phi) is 5.08. The highest BCUT2D eigenvalue weighted by atomic mass is 32.2. The average molecular weight is 342 g/mol. The third-order valence-electron chi connectivity index (χ3n) is 3.15. The second kappa shape index (κ2) is 7.03. The molecule has 0 aliphatic heterocycles. The van der Waals surface area contributed by atoms with Crippen LogP contribution in [0.2, 0.25) is 0 Å². The van der Waals surface area contributed by atoms with E-state index in [1.54, 1.807) is 13.8 Å². The van der Waals surface area contributed by atoms with Gasteiger partial charge in [-0.3, -0.25) is 0 Å². The van der Waals surface area contributed by atoms with Crippen molar-refractivity contribution in [3.8, 4) is 23.6 Å². The van der Waals surface area contributed by atoms with E-state index in [9.17, 15) is 8.42 Å². The fourth-order valence-corrected chi connectivity index (χ4v) is 3.23. The Morgan fingerprint density at radius 3 is 2.21 bits per heavy atom. The van der Waals surface area contributed by atoms with Crippen LogP contribution < -0.4 is 8.92 Å². The highest BCUT2D eigenvalue weighted by molar-refractivity contribution is 7.87. The molecule has 24 heavy (non-hydrogen) atoms. The smallest absolute Gasteiger partial charge is 0.339 e. The van der Waals surface area contributed by atoms with Crippen molar-refractivity contribution in [2.45, 2.75) is 18.7 Å². The second-order valence-corrected chi connectivity index (χ2v) is 6.35. The molecule has 2 aromatic carbocycles. The zero-order valence-corrected chi connectivity index (χ0v) is 13.9. The summed E-state index contributed by atoms with van der Waals surface area (Å²) in [6.07, 6.45) is 0. The van der Waals surface area contributed by atoms with Gasteiger partial charge in [0.1, 0.15) is 4.90 Å². The molecule has 6 nitrogen and oxygen atoms in total. The van der Waals surface area contributed by atoms with Crippen LogP contribution in [0.15, 0.2) is 41.3 Å². The van der Waals surface area contributed by atoms with Gasteiger partial charge in [-0.05, 0) is 49.7 Å². The molecule has 0 heterocycles. The van der Waals surface area contributed by atoms with Crippen molar-refractivity contribution in [2.75, 3.05) is 6.61 Å². The zero-order valence-electron chi connectivity index (χ0n) is 13.1. The third kappa shape index (κ3) is 3.65. The van der Waals surface area contributed by atoms with Gasteiger partial charge < -0.3 is 8.92 Å². The van der Waals surface area contributed by atoms with Gasteiger partial charge in [0.2, 0.25) is 0 Å². The van der Waals surface area contributed by atoms with Gasteiger partial charge in [0.25, 0.3) is 0 Å². The lowest BCUT2D eigenvalue weighted by Gasteiger charge is -2.13. The molecule has 0 N–H and O–H groups in total. The molecule has 0 radical (unpaired) electrons. The predicted octanol–water partition coefficient (Wildman–Crippen LogP) is 2.90. The topological polar surface area (TPSA) is 100 Å². The quantitative estimate of drug-likeness (QED) is 0.775. The molecular formula is C17H14N2O4S. The van der Waals surface area contributed by atoms with Crippen molar-refractivity contribution in [3.63, 3.8) is 0 Å². The number of aryl methyl sites for hydroxylation is 1. The van der Waals surface area contributed by atoms with Crippen LogP contribution in [0.4, 0.5) is 0 Å². The van der Waals surface area contributed by atoms with E-state index >= 15 is 0 Å². The number of nitrogens with zero attached hydrogens (tertiary/aromatic N) is 2. The number of nitriles is 2. The fraction of sp³-hybridized carbons (Fsp3) is 0.176. The normalized spacial score (nSPS) is 10.5. The summed E-state index contributed by atoms with van der Waals surface area (Å²) in [7, 11) is -4.10. The number of ether oxygens (including phenoxy) is 1. The van der Waals surface area contributed by atoms with Gasteiger partial charge in [0, 0.05) is 6.07 Å². The Bertz CT molecular complexity index is 954. The van der Waals surface area contributed by atoms with Crippen LogP contribution in [0.1, 0.15) is 23.6 Å². The van der Waals surface area contributed by atoms with Crippen LogP contribution in [-0.2, 0) is 10.1 Å². The van der Waals surface area contributed by atoms with Crippen molar-refractivity contribution in [3.05, 3.63) is 53.1 Å². The zero-order chi connectivity index (χ0) is 17.7. The minimum atomic E-state index is -4.10. The highest BCUT2D eigenvalue weighted by Gasteiger charge is 2.22. The highest BCUT2D eigenvalue weighted by Crippen LogP contribution is 2.31. The average Bonchev–Trinajstić information content (AvgIpc) is 2.56. The largest absolute Gasteiger partial charge is 0.490 e. The lowest BCUT2D eigenvalue weighted by molar-refractivity contribution is 0.327. The molecule has 2 rings (SSSR count). The van der Waals surface area contributed by atoms with Crippen molar-refractivity contribution < 1.29 is 17.3 Å². The molecule has 0 spiro atoms. The first kappa shape index (κ1) is 17.3. The SMILES string of the molecule is CCOc1cc(C#N)ccc1OS(=O)(=O)c1ccc(C#N)cc1C. The molecule has 7 heteroatoms. The summed E-state index contributed by atoms with van der Waals surface area (Å²) in [6.45, 7) is 3.61. The van der Waals surface area contributed by atoms with E-state index in [1.165, 1.54) is 36.4 Å². The fourth-order valence-electron chi connectivity index (χ4n) is 2.08. The van der Waals surface area contributed by atoms with Gasteiger partial charge >= 0.3 is 10.1 Å². The van der Waals surface area contributed by atoms with E-state index < -0.39 is 10.1 Å². The Morgan fingerprint density at radius 2 is 1.62 bits per heavy atom. The summed E-state index contributed by atoms with van der Waals surface area (Å²) in [5.74, 6) is 0.172. The summed E-state index contributed by atoms with van der Waals surface area (Å²) >= 11 is 0. The molecule has 0 unspecified atom stereocenters. The Labute approximate surface area is 140 Å². The Balaban J connectivity index is 2.43. The monoisotopic (exact) mass is 342 g/mol. The number of benzene rings is 2. The third-order valence-corrected chi connectivity index (χ3v) is 4.54. The van der Waals surface area contributed by atoms with Crippen LogP contribution in [-0.4, -0.2) is 15.0 Å². The van der Waals surface area contributed by atoms with Crippen molar-refractivity contribution >= 4 is 10.1 Å². The molecule has 0 aliphatic carbocycles. The summed E-state index contributed by atoms with van der Waals surface area (Å²) in [5, 5.41) is 17.8. The molecule has 122 valence electrons. The first-order valence-electron chi connectivity index (χ1n) is 7.03. The standard InChI is InChI=1S/C17H14N2O4S/c1-3-22-16-9-14(11-19)4-6-15(16)23-24(20,21)17-7-5-13(10-18)8-12(17)2/h4-9H,3H2,1-2H3. The number of hydrogen-bond donors (Lipinski definition) is 0. The van der Waals surface area contributed by atoms with Crippen molar-refractivity contribution in [2.24, 2.45) is 0 Å². The van der Waals surface area contributed by atoms with E-state index in [1.807, 2.05) is 12.1 Å². The van der Waals surface area contributed by atoms with E-state index in [2.05, 4.69) is 0 Å². The van der Waals surface area contributed by atoms with E-state index in [0.29, 0.717) is 23.3 Å². The first-order chi connectivity index (χ1) is 11.4. The Morgan fingerprint density at radius 1 is 1.00 bits per heavy atom.